The van der Waals surface area contributed by atoms with Crippen molar-refractivity contribution in [2.24, 2.45) is 0 Å². The van der Waals surface area contributed by atoms with E-state index < -0.39 is 0 Å². The van der Waals surface area contributed by atoms with Gasteiger partial charge in [-0.15, -0.1) is 11.3 Å². The number of aromatic amines is 1. The average molecular weight is 382 g/mol. The molecule has 0 unspecified atom stereocenters. The van der Waals surface area contributed by atoms with Gasteiger partial charge in [0.2, 0.25) is 0 Å². The first-order chi connectivity index (χ1) is 12.4. The third kappa shape index (κ3) is 3.10. The first kappa shape index (κ1) is 17.1. The minimum atomic E-state index is -0.182. The summed E-state index contributed by atoms with van der Waals surface area (Å²) in [6.45, 7) is 6.32. The zero-order chi connectivity index (χ0) is 18.3. The minimum Gasteiger partial charge on any atom is -0.293 e. The van der Waals surface area contributed by atoms with E-state index in [0.29, 0.717) is 4.90 Å². The van der Waals surface area contributed by atoms with Crippen molar-refractivity contribution in [1.82, 2.24) is 14.8 Å². The second-order valence-electron chi connectivity index (χ2n) is 7.09. The van der Waals surface area contributed by atoms with Gasteiger partial charge < -0.3 is 0 Å². The Kier molecular flexibility index (Phi) is 4.25. The van der Waals surface area contributed by atoms with Gasteiger partial charge in [0.1, 0.15) is 4.90 Å². The molecule has 0 saturated heterocycles. The maximum absolute atomic E-state index is 13.1. The second-order valence-corrected chi connectivity index (χ2v) is 9.38. The summed E-state index contributed by atoms with van der Waals surface area (Å²) in [4.78, 5) is 18.5. The summed E-state index contributed by atoms with van der Waals surface area (Å²) in [6, 6.07) is 17.7. The first-order valence-corrected chi connectivity index (χ1v) is 10.0. The molecule has 0 amide bonds. The van der Waals surface area contributed by atoms with E-state index in [4.69, 9.17) is 0 Å². The molecule has 2 aromatic carbocycles. The second kappa shape index (κ2) is 6.45. The standard InChI is InChI=1S/C20H19N3OS2/c1-20(2,3)17-16(18(24)23(22-17)13-9-5-4-6-10-13)26-19-21-14-11-7-8-12-15(14)25-19/h4-12,22H,1-3H3. The minimum absolute atomic E-state index is 0.0367. The molecule has 6 heteroatoms. The van der Waals surface area contributed by atoms with Gasteiger partial charge in [0.15, 0.2) is 4.34 Å². The Hall–Kier alpha value is -2.31. The molecule has 4 aromatic rings. The largest absolute Gasteiger partial charge is 0.293 e. The molecule has 1 N–H and O–H groups in total. The maximum atomic E-state index is 13.1. The van der Waals surface area contributed by atoms with Crippen LogP contribution in [0.1, 0.15) is 26.5 Å². The number of hydrogen-bond acceptors (Lipinski definition) is 4. The highest BCUT2D eigenvalue weighted by atomic mass is 32.2. The Morgan fingerprint density at radius 2 is 1.73 bits per heavy atom. The lowest BCUT2D eigenvalue weighted by atomic mass is 9.92. The Labute approximate surface area is 159 Å². The molecular weight excluding hydrogens is 362 g/mol. The number of thiazole rings is 1. The molecule has 0 saturated carbocycles. The molecule has 0 fully saturated rings. The molecular formula is C20H19N3OS2. The number of nitrogens with one attached hydrogen (secondary N) is 1. The monoisotopic (exact) mass is 381 g/mol. The van der Waals surface area contributed by atoms with E-state index in [-0.39, 0.29) is 11.0 Å². The van der Waals surface area contributed by atoms with Gasteiger partial charge in [-0.2, -0.15) is 0 Å². The van der Waals surface area contributed by atoms with Crippen LogP contribution in [0.2, 0.25) is 0 Å². The summed E-state index contributed by atoms with van der Waals surface area (Å²) in [5, 5.41) is 3.32. The summed E-state index contributed by atoms with van der Waals surface area (Å²) in [7, 11) is 0. The quantitative estimate of drug-likeness (QED) is 0.529. The highest BCUT2D eigenvalue weighted by molar-refractivity contribution is 8.01. The fraction of sp³-hybridized carbons (Fsp3) is 0.200. The zero-order valence-electron chi connectivity index (χ0n) is 14.8. The zero-order valence-corrected chi connectivity index (χ0v) is 16.4. The van der Waals surface area contributed by atoms with Crippen LogP contribution in [-0.4, -0.2) is 14.8 Å². The molecule has 0 radical (unpaired) electrons. The van der Waals surface area contributed by atoms with Gasteiger partial charge in [0.05, 0.1) is 21.6 Å². The van der Waals surface area contributed by atoms with Crippen molar-refractivity contribution in [2.45, 2.75) is 35.4 Å². The smallest absolute Gasteiger partial charge is 0.285 e. The fourth-order valence-corrected chi connectivity index (χ4v) is 5.10. The number of aromatic nitrogens is 3. The number of para-hydroxylation sites is 2. The number of hydrogen-bond donors (Lipinski definition) is 1. The Morgan fingerprint density at radius 1 is 1.04 bits per heavy atom. The number of fused-ring (bicyclic) bond motifs is 1. The number of rotatable bonds is 3. The van der Waals surface area contributed by atoms with Gasteiger partial charge >= 0.3 is 0 Å². The Balaban J connectivity index is 1.84. The van der Waals surface area contributed by atoms with Crippen molar-refractivity contribution in [2.75, 3.05) is 0 Å². The number of H-pyrrole nitrogens is 1. The van der Waals surface area contributed by atoms with Gasteiger partial charge in [0.25, 0.3) is 5.56 Å². The summed E-state index contributed by atoms with van der Waals surface area (Å²) >= 11 is 3.07. The number of benzene rings is 2. The van der Waals surface area contributed by atoms with Crippen LogP contribution >= 0.6 is 23.1 Å². The fourth-order valence-electron chi connectivity index (χ4n) is 2.77. The molecule has 4 nitrogen and oxygen atoms in total. The molecule has 0 atom stereocenters. The summed E-state index contributed by atoms with van der Waals surface area (Å²) in [6.07, 6.45) is 0. The SMILES string of the molecule is CC(C)(C)c1[nH]n(-c2ccccc2)c(=O)c1Sc1nc2ccccc2s1. The van der Waals surface area contributed by atoms with E-state index in [9.17, 15) is 4.79 Å². The Bertz CT molecular complexity index is 1080. The van der Waals surface area contributed by atoms with E-state index in [1.807, 2.05) is 48.5 Å². The Morgan fingerprint density at radius 3 is 2.42 bits per heavy atom. The predicted molar refractivity (Wildman–Crippen MR) is 109 cm³/mol. The van der Waals surface area contributed by atoms with Crippen LogP contribution in [0.4, 0.5) is 0 Å². The normalized spacial score (nSPS) is 12.0. The lowest BCUT2D eigenvalue weighted by molar-refractivity contribution is 0.551. The van der Waals surface area contributed by atoms with Crippen molar-refractivity contribution in [3.05, 3.63) is 70.6 Å². The summed E-state index contributed by atoms with van der Waals surface area (Å²) in [5.41, 5.74) is 2.51. The van der Waals surface area contributed by atoms with Crippen LogP contribution < -0.4 is 5.56 Å². The van der Waals surface area contributed by atoms with Crippen molar-refractivity contribution in [1.29, 1.82) is 0 Å². The first-order valence-electron chi connectivity index (χ1n) is 8.38. The maximum Gasteiger partial charge on any atom is 0.285 e. The van der Waals surface area contributed by atoms with E-state index in [1.165, 1.54) is 11.8 Å². The third-order valence-corrected chi connectivity index (χ3v) is 6.26. The van der Waals surface area contributed by atoms with Gasteiger partial charge in [0, 0.05) is 5.41 Å². The van der Waals surface area contributed by atoms with E-state index in [1.54, 1.807) is 16.0 Å². The van der Waals surface area contributed by atoms with Crippen LogP contribution in [0.25, 0.3) is 15.9 Å². The predicted octanol–water partition coefficient (Wildman–Crippen LogP) is 5.22. The topological polar surface area (TPSA) is 50.7 Å². The molecule has 132 valence electrons. The van der Waals surface area contributed by atoms with Gasteiger partial charge in [-0.25, -0.2) is 9.67 Å². The van der Waals surface area contributed by atoms with Crippen LogP contribution in [0, 0.1) is 0 Å². The molecule has 0 spiro atoms. The highest BCUT2D eigenvalue weighted by Gasteiger charge is 2.26. The van der Waals surface area contributed by atoms with Crippen LogP contribution in [0.3, 0.4) is 0 Å². The van der Waals surface area contributed by atoms with Crippen molar-refractivity contribution in [3.63, 3.8) is 0 Å². The van der Waals surface area contributed by atoms with E-state index in [0.717, 1.165) is 25.9 Å². The lowest BCUT2D eigenvalue weighted by Crippen LogP contribution is -2.15. The molecule has 0 aliphatic rings. The average Bonchev–Trinajstić information content (AvgIpc) is 3.17. The van der Waals surface area contributed by atoms with Crippen LogP contribution in [-0.2, 0) is 5.41 Å². The van der Waals surface area contributed by atoms with E-state index in [2.05, 4.69) is 36.9 Å². The molecule has 2 aromatic heterocycles. The highest BCUT2D eigenvalue weighted by Crippen LogP contribution is 2.37. The molecule has 0 aliphatic heterocycles. The van der Waals surface area contributed by atoms with Gasteiger partial charge in [-0.1, -0.05) is 62.9 Å². The van der Waals surface area contributed by atoms with Crippen molar-refractivity contribution < 1.29 is 0 Å². The van der Waals surface area contributed by atoms with E-state index >= 15 is 0 Å². The van der Waals surface area contributed by atoms with Crippen molar-refractivity contribution in [3.8, 4) is 5.69 Å². The molecule has 2 heterocycles. The van der Waals surface area contributed by atoms with Gasteiger partial charge in [-0.05, 0) is 24.3 Å². The summed E-state index contributed by atoms with van der Waals surface area (Å²) < 4.78 is 3.63. The molecule has 26 heavy (non-hydrogen) atoms. The molecule has 4 rings (SSSR count). The van der Waals surface area contributed by atoms with Crippen LogP contribution in [0.5, 0.6) is 0 Å². The van der Waals surface area contributed by atoms with Gasteiger partial charge in [-0.3, -0.25) is 9.89 Å². The lowest BCUT2D eigenvalue weighted by Gasteiger charge is -2.17. The van der Waals surface area contributed by atoms with Crippen LogP contribution in [0.15, 0.2) is 68.6 Å². The molecule has 0 aliphatic carbocycles. The third-order valence-electron chi connectivity index (χ3n) is 4.08. The molecule has 0 bridgehead atoms. The summed E-state index contributed by atoms with van der Waals surface area (Å²) in [5.74, 6) is 0. The number of nitrogens with zero attached hydrogens (tertiary/aromatic N) is 2. The van der Waals surface area contributed by atoms with Crippen molar-refractivity contribution >= 4 is 33.3 Å².